The summed E-state index contributed by atoms with van der Waals surface area (Å²) in [4.78, 5) is 12.1. The highest BCUT2D eigenvalue weighted by atomic mass is 32.2. The Hall–Kier alpha value is -1.94. The standard InChI is InChI=1S/C18H20O3S/c1-13(2)18(19)16-8-10-17(11-9-16)22(20,21)12-15-6-4-14(3)5-7-15/h4-11,13H,12H2,1-3H3. The molecule has 3 nitrogen and oxygen atoms in total. The second-order valence-electron chi connectivity index (χ2n) is 5.79. The molecule has 0 aromatic heterocycles. The van der Waals surface area contributed by atoms with Gasteiger partial charge >= 0.3 is 0 Å². The van der Waals surface area contributed by atoms with Gasteiger partial charge in [-0.3, -0.25) is 4.79 Å². The minimum Gasteiger partial charge on any atom is -0.294 e. The molecule has 2 rings (SSSR count). The first-order valence-corrected chi connectivity index (χ1v) is 8.87. The van der Waals surface area contributed by atoms with Gasteiger partial charge in [0.2, 0.25) is 0 Å². The molecule has 116 valence electrons. The van der Waals surface area contributed by atoms with E-state index in [9.17, 15) is 13.2 Å². The van der Waals surface area contributed by atoms with E-state index in [1.54, 1.807) is 12.1 Å². The maximum Gasteiger partial charge on any atom is 0.182 e. The molecule has 0 bridgehead atoms. The fourth-order valence-corrected chi connectivity index (χ4v) is 3.50. The molecule has 0 heterocycles. The lowest BCUT2D eigenvalue weighted by molar-refractivity contribution is 0.0939. The van der Waals surface area contributed by atoms with E-state index in [1.807, 2.05) is 45.0 Å². The van der Waals surface area contributed by atoms with E-state index in [0.717, 1.165) is 11.1 Å². The Kier molecular flexibility index (Phi) is 4.81. The van der Waals surface area contributed by atoms with Crippen molar-refractivity contribution in [3.8, 4) is 0 Å². The summed E-state index contributed by atoms with van der Waals surface area (Å²) in [7, 11) is -3.40. The lowest BCUT2D eigenvalue weighted by atomic mass is 10.0. The fourth-order valence-electron chi connectivity index (χ4n) is 2.15. The van der Waals surface area contributed by atoms with Crippen LogP contribution >= 0.6 is 0 Å². The van der Waals surface area contributed by atoms with Gasteiger partial charge in [-0.05, 0) is 24.6 Å². The summed E-state index contributed by atoms with van der Waals surface area (Å²) in [6, 6.07) is 13.6. The van der Waals surface area contributed by atoms with Crippen LogP contribution in [0.25, 0.3) is 0 Å². The largest absolute Gasteiger partial charge is 0.294 e. The third-order valence-corrected chi connectivity index (χ3v) is 5.20. The van der Waals surface area contributed by atoms with Crippen LogP contribution in [0.2, 0.25) is 0 Å². The van der Waals surface area contributed by atoms with Gasteiger partial charge in [-0.15, -0.1) is 0 Å². The Morgan fingerprint density at radius 1 is 0.955 bits per heavy atom. The number of carbonyl (C=O) groups is 1. The summed E-state index contributed by atoms with van der Waals surface area (Å²) in [6.45, 7) is 5.61. The first kappa shape index (κ1) is 16.4. The van der Waals surface area contributed by atoms with Crippen LogP contribution in [0.4, 0.5) is 0 Å². The van der Waals surface area contributed by atoms with E-state index in [-0.39, 0.29) is 22.3 Å². The predicted molar refractivity (Wildman–Crippen MR) is 87.7 cm³/mol. The van der Waals surface area contributed by atoms with Crippen molar-refractivity contribution >= 4 is 15.6 Å². The quantitative estimate of drug-likeness (QED) is 0.788. The minimum atomic E-state index is -3.40. The number of sulfone groups is 1. The molecular formula is C18H20O3S. The van der Waals surface area contributed by atoms with Crippen LogP contribution in [0, 0.1) is 12.8 Å². The van der Waals surface area contributed by atoms with E-state index < -0.39 is 9.84 Å². The summed E-state index contributed by atoms with van der Waals surface area (Å²) in [5.74, 6) is -0.123. The van der Waals surface area contributed by atoms with E-state index in [1.165, 1.54) is 12.1 Å². The van der Waals surface area contributed by atoms with Gasteiger partial charge in [-0.1, -0.05) is 55.8 Å². The van der Waals surface area contributed by atoms with Crippen LogP contribution in [0.1, 0.15) is 35.3 Å². The average Bonchev–Trinajstić information content (AvgIpc) is 2.48. The second kappa shape index (κ2) is 6.44. The summed E-state index contributed by atoms with van der Waals surface area (Å²) in [5.41, 5.74) is 2.40. The number of benzene rings is 2. The molecule has 4 heteroatoms. The molecule has 0 radical (unpaired) electrons. The molecule has 0 unspecified atom stereocenters. The maximum atomic E-state index is 12.4. The number of Topliss-reactive ketones (excluding diaryl/α,β-unsaturated/α-hetero) is 1. The van der Waals surface area contributed by atoms with Crippen LogP contribution < -0.4 is 0 Å². The van der Waals surface area contributed by atoms with Crippen LogP contribution in [0.15, 0.2) is 53.4 Å². The molecular weight excluding hydrogens is 296 g/mol. The number of aryl methyl sites for hydroxylation is 1. The van der Waals surface area contributed by atoms with E-state index in [2.05, 4.69) is 0 Å². The molecule has 0 fully saturated rings. The molecule has 0 atom stereocenters. The molecule has 0 spiro atoms. The van der Waals surface area contributed by atoms with Gasteiger partial charge < -0.3 is 0 Å². The highest BCUT2D eigenvalue weighted by molar-refractivity contribution is 7.90. The van der Waals surface area contributed by atoms with Crippen LogP contribution in [-0.4, -0.2) is 14.2 Å². The smallest absolute Gasteiger partial charge is 0.182 e. The highest BCUT2D eigenvalue weighted by Gasteiger charge is 2.17. The van der Waals surface area contributed by atoms with Crippen molar-refractivity contribution in [2.24, 2.45) is 5.92 Å². The molecule has 0 saturated carbocycles. The predicted octanol–water partition coefficient (Wildman–Crippen LogP) is 3.81. The van der Waals surface area contributed by atoms with Crippen molar-refractivity contribution in [2.75, 3.05) is 0 Å². The average molecular weight is 316 g/mol. The van der Waals surface area contributed by atoms with E-state index in [0.29, 0.717) is 5.56 Å². The van der Waals surface area contributed by atoms with Crippen LogP contribution in [0.5, 0.6) is 0 Å². The molecule has 0 aliphatic carbocycles. The number of rotatable bonds is 5. The van der Waals surface area contributed by atoms with E-state index >= 15 is 0 Å². The third kappa shape index (κ3) is 3.83. The normalized spacial score (nSPS) is 11.6. The summed E-state index contributed by atoms with van der Waals surface area (Å²) < 4.78 is 24.8. The van der Waals surface area contributed by atoms with Gasteiger partial charge in [0.05, 0.1) is 10.6 Å². The van der Waals surface area contributed by atoms with Gasteiger partial charge in [0.25, 0.3) is 0 Å². The Morgan fingerprint density at radius 2 is 1.50 bits per heavy atom. The molecule has 2 aromatic carbocycles. The Bertz CT molecular complexity index is 755. The lowest BCUT2D eigenvalue weighted by Crippen LogP contribution is -2.09. The highest BCUT2D eigenvalue weighted by Crippen LogP contribution is 2.18. The zero-order valence-electron chi connectivity index (χ0n) is 13.0. The molecule has 2 aromatic rings. The summed E-state index contributed by atoms with van der Waals surface area (Å²) >= 11 is 0. The third-order valence-electron chi connectivity index (χ3n) is 3.50. The van der Waals surface area contributed by atoms with Crippen LogP contribution in [0.3, 0.4) is 0 Å². The first-order chi connectivity index (χ1) is 10.3. The van der Waals surface area contributed by atoms with Gasteiger partial charge in [0.1, 0.15) is 0 Å². The van der Waals surface area contributed by atoms with Crippen molar-refractivity contribution in [3.63, 3.8) is 0 Å². The monoisotopic (exact) mass is 316 g/mol. The molecule has 0 aliphatic rings. The van der Waals surface area contributed by atoms with Gasteiger partial charge in [-0.2, -0.15) is 0 Å². The molecule has 0 aliphatic heterocycles. The van der Waals surface area contributed by atoms with E-state index in [4.69, 9.17) is 0 Å². The Labute approximate surface area is 131 Å². The number of hydrogen-bond donors (Lipinski definition) is 0. The summed E-state index contributed by atoms with van der Waals surface area (Å²) in [5, 5.41) is 0. The Morgan fingerprint density at radius 3 is 2.00 bits per heavy atom. The SMILES string of the molecule is Cc1ccc(CS(=O)(=O)c2ccc(C(=O)C(C)C)cc2)cc1. The number of carbonyl (C=O) groups excluding carboxylic acids is 1. The van der Waals surface area contributed by atoms with Crippen molar-refractivity contribution in [2.45, 2.75) is 31.4 Å². The van der Waals surface area contributed by atoms with Crippen molar-refractivity contribution in [1.82, 2.24) is 0 Å². The van der Waals surface area contributed by atoms with Gasteiger partial charge in [-0.25, -0.2) is 8.42 Å². The summed E-state index contributed by atoms with van der Waals surface area (Å²) in [6.07, 6.45) is 0. The van der Waals surface area contributed by atoms with Crippen molar-refractivity contribution < 1.29 is 13.2 Å². The molecule has 0 N–H and O–H groups in total. The zero-order chi connectivity index (χ0) is 16.3. The van der Waals surface area contributed by atoms with Gasteiger partial charge in [0, 0.05) is 11.5 Å². The fraction of sp³-hybridized carbons (Fsp3) is 0.278. The van der Waals surface area contributed by atoms with Crippen LogP contribution in [-0.2, 0) is 15.6 Å². The maximum absolute atomic E-state index is 12.4. The van der Waals surface area contributed by atoms with Crippen molar-refractivity contribution in [1.29, 1.82) is 0 Å². The number of ketones is 1. The minimum absolute atomic E-state index is 0.0162. The molecule has 0 saturated heterocycles. The lowest BCUT2D eigenvalue weighted by Gasteiger charge is -2.07. The molecule has 22 heavy (non-hydrogen) atoms. The zero-order valence-corrected chi connectivity index (χ0v) is 13.9. The molecule has 0 amide bonds. The topological polar surface area (TPSA) is 51.2 Å². The van der Waals surface area contributed by atoms with Gasteiger partial charge in [0.15, 0.2) is 15.6 Å². The van der Waals surface area contributed by atoms with Crippen molar-refractivity contribution in [3.05, 3.63) is 65.2 Å². The second-order valence-corrected chi connectivity index (χ2v) is 7.78. The Balaban J connectivity index is 2.22. The number of hydrogen-bond acceptors (Lipinski definition) is 3. The first-order valence-electron chi connectivity index (χ1n) is 7.22.